The zero-order valence-electron chi connectivity index (χ0n) is 26.7. The highest BCUT2D eigenvalue weighted by Gasteiger charge is 1.84. The predicted molar refractivity (Wildman–Crippen MR) is 184 cm³/mol. The van der Waals surface area contributed by atoms with Gasteiger partial charge in [0, 0.05) is 0 Å². The third-order valence-corrected chi connectivity index (χ3v) is 5.64. The van der Waals surface area contributed by atoms with E-state index in [1.54, 1.807) is 0 Å². The molecular formula is C40H52. The van der Waals surface area contributed by atoms with Gasteiger partial charge in [0.25, 0.3) is 0 Å². The fourth-order valence-electron chi connectivity index (χ4n) is 3.01. The quantitative estimate of drug-likeness (QED) is 0.225. The molecule has 0 aliphatic rings. The predicted octanol–water partition coefficient (Wildman–Crippen LogP) is 12.2. The van der Waals surface area contributed by atoms with E-state index in [1.807, 2.05) is 52.0 Å². The molecule has 0 aliphatic carbocycles. The molecule has 0 saturated carbocycles. The summed E-state index contributed by atoms with van der Waals surface area (Å²) in [6.07, 6.45) is 12.3. The number of hydrogen-bond donors (Lipinski definition) is 0. The Kier molecular flexibility index (Phi) is 20.8. The van der Waals surface area contributed by atoms with Gasteiger partial charge in [0.05, 0.1) is 0 Å². The summed E-state index contributed by atoms with van der Waals surface area (Å²) in [7, 11) is 0. The monoisotopic (exact) mass is 532 g/mol. The molecule has 212 valence electrons. The van der Waals surface area contributed by atoms with Crippen molar-refractivity contribution in [3.8, 4) is 0 Å². The van der Waals surface area contributed by atoms with Crippen LogP contribution in [0.5, 0.6) is 0 Å². The molecule has 0 unspecified atom stereocenters. The van der Waals surface area contributed by atoms with Crippen molar-refractivity contribution in [2.45, 2.75) is 69.2 Å². The molecule has 0 amide bonds. The highest BCUT2D eigenvalue weighted by molar-refractivity contribution is 5.49. The van der Waals surface area contributed by atoms with Gasteiger partial charge in [-0.05, 0) is 80.4 Å². The van der Waals surface area contributed by atoms with Crippen LogP contribution in [-0.4, -0.2) is 0 Å². The van der Waals surface area contributed by atoms with Crippen molar-refractivity contribution in [2.75, 3.05) is 0 Å². The topological polar surface area (TPSA) is 0 Å². The molecule has 0 aliphatic heterocycles. The highest BCUT2D eigenvalue weighted by Crippen LogP contribution is 2.05. The zero-order chi connectivity index (χ0) is 30.2. The smallest absolute Gasteiger partial charge is 0.0260 e. The lowest BCUT2D eigenvalue weighted by Crippen LogP contribution is -1.71. The van der Waals surface area contributed by atoms with E-state index < -0.39 is 0 Å². The Bertz CT molecular complexity index is 1070. The van der Waals surface area contributed by atoms with Gasteiger partial charge >= 0.3 is 0 Å². The van der Waals surface area contributed by atoms with Gasteiger partial charge in [0.2, 0.25) is 0 Å². The van der Waals surface area contributed by atoms with Crippen LogP contribution in [0.2, 0.25) is 0 Å². The van der Waals surface area contributed by atoms with Crippen LogP contribution in [0.3, 0.4) is 0 Å². The zero-order valence-corrected chi connectivity index (χ0v) is 26.7. The Hall–Kier alpha value is -3.90. The summed E-state index contributed by atoms with van der Waals surface area (Å²) < 4.78 is 0. The van der Waals surface area contributed by atoms with Crippen molar-refractivity contribution in [2.24, 2.45) is 0 Å². The van der Waals surface area contributed by atoms with Crippen LogP contribution in [0.4, 0.5) is 0 Å². The lowest BCUT2D eigenvalue weighted by Gasteiger charge is -1.92. The van der Waals surface area contributed by atoms with Gasteiger partial charge in [-0.3, -0.25) is 0 Å². The van der Waals surface area contributed by atoms with E-state index in [4.69, 9.17) is 0 Å². The van der Waals surface area contributed by atoms with Gasteiger partial charge < -0.3 is 0 Å². The summed E-state index contributed by atoms with van der Waals surface area (Å²) in [6, 6.07) is 33.9. The molecule has 40 heavy (non-hydrogen) atoms. The maximum Gasteiger partial charge on any atom is -0.0260 e. The van der Waals surface area contributed by atoms with Gasteiger partial charge in [-0.2, -0.15) is 0 Å². The first kappa shape index (κ1) is 36.1. The first-order valence-electron chi connectivity index (χ1n) is 14.2. The fourth-order valence-corrected chi connectivity index (χ4v) is 3.01. The molecule has 0 heteroatoms. The summed E-state index contributed by atoms with van der Waals surface area (Å²) in [5.41, 5.74) is 10.5. The average molecular weight is 533 g/mol. The van der Waals surface area contributed by atoms with Crippen LogP contribution in [0, 0.1) is 41.5 Å². The SMILES string of the molecule is CC=CC.CC=Cc1ccc(C)cc1.CC=Cc1ccc(C)cc1.Cc1ccc(C)cc1.Cc1ccc(C)cc1. The molecule has 0 atom stereocenters. The molecule has 0 heterocycles. The van der Waals surface area contributed by atoms with Gasteiger partial charge in [-0.1, -0.05) is 167 Å². The molecule has 0 fully saturated rings. The molecule has 0 aromatic heterocycles. The first-order valence-corrected chi connectivity index (χ1v) is 14.2. The second-order valence-corrected chi connectivity index (χ2v) is 9.80. The molecule has 4 aromatic carbocycles. The molecule has 0 spiro atoms. The van der Waals surface area contributed by atoms with Crippen LogP contribution in [0.25, 0.3) is 12.2 Å². The number of hydrogen-bond acceptors (Lipinski definition) is 0. The second kappa shape index (κ2) is 23.0. The van der Waals surface area contributed by atoms with Crippen LogP contribution >= 0.6 is 0 Å². The standard InChI is InChI=1S/2C10H12.2C8H10.C4H8/c2*1-3-4-10-7-5-9(2)6-8-10;2*1-7-3-5-8(2)6-4-7;1-3-4-2/h2*3-8H,1-2H3;2*3-6H,1-2H3;3-4H,1-2H3. The molecule has 0 bridgehead atoms. The van der Waals surface area contributed by atoms with Gasteiger partial charge in [-0.15, -0.1) is 0 Å². The summed E-state index contributed by atoms with van der Waals surface area (Å²) in [5.74, 6) is 0. The Morgan fingerprint density at radius 2 is 0.450 bits per heavy atom. The third-order valence-electron chi connectivity index (χ3n) is 5.64. The minimum absolute atomic E-state index is 1.27. The Morgan fingerprint density at radius 3 is 0.600 bits per heavy atom. The summed E-state index contributed by atoms with van der Waals surface area (Å²) in [4.78, 5) is 0. The summed E-state index contributed by atoms with van der Waals surface area (Å²) in [5, 5.41) is 0. The van der Waals surface area contributed by atoms with Crippen molar-refractivity contribution in [3.63, 3.8) is 0 Å². The molecule has 0 radical (unpaired) electrons. The minimum atomic E-state index is 1.27. The largest absolute Gasteiger partial charge is 0.0919 e. The number of aryl methyl sites for hydroxylation is 6. The Labute approximate surface area is 246 Å². The molecule has 4 rings (SSSR count). The molecule has 0 nitrogen and oxygen atoms in total. The fraction of sp³-hybridized carbons (Fsp3) is 0.250. The van der Waals surface area contributed by atoms with Crippen molar-refractivity contribution in [1.29, 1.82) is 0 Å². The lowest BCUT2D eigenvalue weighted by atomic mass is 10.1. The maximum absolute atomic E-state index is 2.12. The average Bonchev–Trinajstić information content (AvgIpc) is 2.96. The van der Waals surface area contributed by atoms with Crippen molar-refractivity contribution in [3.05, 3.63) is 166 Å². The van der Waals surface area contributed by atoms with E-state index in [0.717, 1.165) is 0 Å². The summed E-state index contributed by atoms with van der Waals surface area (Å²) in [6.45, 7) is 20.6. The van der Waals surface area contributed by atoms with Crippen LogP contribution in [0.15, 0.2) is 121 Å². The van der Waals surface area contributed by atoms with E-state index in [2.05, 4.69) is 151 Å². The normalized spacial score (nSPS) is 9.95. The second-order valence-electron chi connectivity index (χ2n) is 9.80. The van der Waals surface area contributed by atoms with E-state index in [-0.39, 0.29) is 0 Å². The van der Waals surface area contributed by atoms with E-state index in [0.29, 0.717) is 0 Å². The molecule has 0 saturated heterocycles. The summed E-state index contributed by atoms with van der Waals surface area (Å²) >= 11 is 0. The van der Waals surface area contributed by atoms with Crippen LogP contribution < -0.4 is 0 Å². The molecule has 0 N–H and O–H groups in total. The maximum atomic E-state index is 2.12. The number of allylic oxidation sites excluding steroid dienone is 4. The van der Waals surface area contributed by atoms with Crippen molar-refractivity contribution in [1.82, 2.24) is 0 Å². The van der Waals surface area contributed by atoms with Crippen LogP contribution in [0.1, 0.15) is 72.2 Å². The van der Waals surface area contributed by atoms with E-state index >= 15 is 0 Å². The Morgan fingerprint density at radius 1 is 0.275 bits per heavy atom. The van der Waals surface area contributed by atoms with Gasteiger partial charge in [0.15, 0.2) is 0 Å². The number of rotatable bonds is 2. The minimum Gasteiger partial charge on any atom is -0.0919 e. The highest BCUT2D eigenvalue weighted by atomic mass is 13.9. The van der Waals surface area contributed by atoms with Crippen molar-refractivity contribution < 1.29 is 0 Å². The van der Waals surface area contributed by atoms with Crippen molar-refractivity contribution >= 4 is 12.2 Å². The number of benzene rings is 4. The van der Waals surface area contributed by atoms with E-state index in [9.17, 15) is 0 Å². The van der Waals surface area contributed by atoms with Gasteiger partial charge in [-0.25, -0.2) is 0 Å². The third kappa shape index (κ3) is 20.1. The van der Waals surface area contributed by atoms with Gasteiger partial charge in [0.1, 0.15) is 0 Å². The molecular weight excluding hydrogens is 480 g/mol. The Balaban J connectivity index is 0.000000487. The first-order chi connectivity index (χ1) is 19.1. The van der Waals surface area contributed by atoms with Crippen LogP contribution in [-0.2, 0) is 0 Å². The molecule has 4 aromatic rings. The lowest BCUT2D eigenvalue weighted by molar-refractivity contribution is 1.40. The van der Waals surface area contributed by atoms with E-state index in [1.165, 1.54) is 44.5 Å².